The van der Waals surface area contributed by atoms with Crippen LogP contribution < -0.4 is 5.32 Å². The molecule has 1 atom stereocenters. The Morgan fingerprint density at radius 1 is 1.09 bits per heavy atom. The first-order valence-electron chi connectivity index (χ1n) is 7.19. The Morgan fingerprint density at radius 3 is 2.30 bits per heavy atom. The number of hydrogen-bond acceptors (Lipinski definition) is 3. The number of benzene rings is 2. The third-order valence-electron chi connectivity index (χ3n) is 3.78. The minimum Gasteiger partial charge on any atom is -0.481 e. The maximum Gasteiger partial charge on any atom is 0.314 e. The van der Waals surface area contributed by atoms with Crippen molar-refractivity contribution in [2.45, 2.75) is 23.7 Å². The Morgan fingerprint density at radius 2 is 1.70 bits per heavy atom. The van der Waals surface area contributed by atoms with Gasteiger partial charge in [0.05, 0.1) is 11.1 Å². The maximum atomic E-state index is 12.4. The standard InChI is InChI=1S/C18H19NO3S/c1-18(17(21)22,13-8-4-3-5-9-13)12-16(20)19-14-10-6-7-11-15(14)23-2/h3-11H,12H2,1-2H3,(H,19,20)(H,21,22). The summed E-state index contributed by atoms with van der Waals surface area (Å²) in [5.41, 5.74) is 0.0474. The lowest BCUT2D eigenvalue weighted by Gasteiger charge is -2.25. The van der Waals surface area contributed by atoms with E-state index in [9.17, 15) is 14.7 Å². The normalized spacial score (nSPS) is 13.1. The Bertz CT molecular complexity index is 702. The second kappa shape index (κ2) is 7.33. The Balaban J connectivity index is 2.21. The molecule has 0 saturated heterocycles. The fourth-order valence-electron chi connectivity index (χ4n) is 2.37. The Labute approximate surface area is 139 Å². The minimum atomic E-state index is -1.26. The third kappa shape index (κ3) is 3.93. The van der Waals surface area contributed by atoms with E-state index in [2.05, 4.69) is 5.32 Å². The zero-order valence-corrected chi connectivity index (χ0v) is 13.9. The zero-order chi connectivity index (χ0) is 16.9. The number of amides is 1. The summed E-state index contributed by atoms with van der Waals surface area (Å²) in [6.07, 6.45) is 1.80. The highest BCUT2D eigenvalue weighted by molar-refractivity contribution is 7.98. The number of carbonyl (C=O) groups excluding carboxylic acids is 1. The molecule has 2 rings (SSSR count). The van der Waals surface area contributed by atoms with E-state index in [-0.39, 0.29) is 12.3 Å². The highest BCUT2D eigenvalue weighted by atomic mass is 32.2. The van der Waals surface area contributed by atoms with Crippen molar-refractivity contribution in [3.63, 3.8) is 0 Å². The third-order valence-corrected chi connectivity index (χ3v) is 4.57. The van der Waals surface area contributed by atoms with E-state index in [0.717, 1.165) is 4.90 Å². The van der Waals surface area contributed by atoms with Crippen LogP contribution >= 0.6 is 11.8 Å². The van der Waals surface area contributed by atoms with E-state index >= 15 is 0 Å². The van der Waals surface area contributed by atoms with Crippen molar-refractivity contribution in [1.29, 1.82) is 0 Å². The molecule has 0 fully saturated rings. The van der Waals surface area contributed by atoms with Gasteiger partial charge in [-0.3, -0.25) is 9.59 Å². The Kier molecular flexibility index (Phi) is 5.45. The van der Waals surface area contributed by atoms with E-state index in [1.807, 2.05) is 36.6 Å². The van der Waals surface area contributed by atoms with Crippen LogP contribution in [0.1, 0.15) is 18.9 Å². The van der Waals surface area contributed by atoms with Gasteiger partial charge in [0.15, 0.2) is 0 Å². The van der Waals surface area contributed by atoms with Crippen LogP contribution in [0.2, 0.25) is 0 Å². The first kappa shape index (κ1) is 17.1. The van der Waals surface area contributed by atoms with E-state index < -0.39 is 11.4 Å². The van der Waals surface area contributed by atoms with Crippen molar-refractivity contribution in [3.05, 3.63) is 60.2 Å². The number of thioether (sulfide) groups is 1. The van der Waals surface area contributed by atoms with Gasteiger partial charge in [0.1, 0.15) is 0 Å². The number of anilines is 1. The molecule has 1 unspecified atom stereocenters. The van der Waals surface area contributed by atoms with Crippen molar-refractivity contribution in [2.24, 2.45) is 0 Å². The molecule has 0 aliphatic heterocycles. The van der Waals surface area contributed by atoms with Crippen LogP contribution in [0.3, 0.4) is 0 Å². The molecule has 2 aromatic rings. The summed E-state index contributed by atoms with van der Waals surface area (Å²) < 4.78 is 0. The molecule has 2 N–H and O–H groups in total. The number of rotatable bonds is 6. The average Bonchev–Trinajstić information content (AvgIpc) is 2.55. The lowest BCUT2D eigenvalue weighted by molar-refractivity contribution is -0.145. The largest absolute Gasteiger partial charge is 0.481 e. The molecule has 2 aromatic carbocycles. The van der Waals surface area contributed by atoms with Crippen molar-refractivity contribution in [1.82, 2.24) is 0 Å². The monoisotopic (exact) mass is 329 g/mol. The molecule has 5 heteroatoms. The number of aliphatic carboxylic acids is 1. The van der Waals surface area contributed by atoms with Crippen molar-refractivity contribution in [2.75, 3.05) is 11.6 Å². The quantitative estimate of drug-likeness (QED) is 0.792. The molecule has 0 bridgehead atoms. The average molecular weight is 329 g/mol. The van der Waals surface area contributed by atoms with Gasteiger partial charge in [-0.1, -0.05) is 42.5 Å². The fraction of sp³-hybridized carbons (Fsp3) is 0.222. The molecule has 1 amide bonds. The molecular formula is C18H19NO3S. The fourth-order valence-corrected chi connectivity index (χ4v) is 2.92. The van der Waals surface area contributed by atoms with Crippen LogP contribution in [0.4, 0.5) is 5.69 Å². The van der Waals surface area contributed by atoms with Gasteiger partial charge in [0, 0.05) is 11.3 Å². The molecular weight excluding hydrogens is 310 g/mol. The van der Waals surface area contributed by atoms with Gasteiger partial charge in [-0.05, 0) is 30.9 Å². The van der Waals surface area contributed by atoms with Gasteiger partial charge in [0.2, 0.25) is 5.91 Å². The lowest BCUT2D eigenvalue weighted by Crippen LogP contribution is -2.36. The van der Waals surface area contributed by atoms with Crippen molar-refractivity contribution >= 4 is 29.3 Å². The van der Waals surface area contributed by atoms with Gasteiger partial charge < -0.3 is 10.4 Å². The summed E-state index contributed by atoms with van der Waals surface area (Å²) in [4.78, 5) is 25.1. The summed E-state index contributed by atoms with van der Waals surface area (Å²) in [5, 5.41) is 12.4. The van der Waals surface area contributed by atoms with Crippen LogP contribution in [-0.2, 0) is 15.0 Å². The van der Waals surface area contributed by atoms with Gasteiger partial charge in [0.25, 0.3) is 0 Å². The van der Waals surface area contributed by atoms with Gasteiger partial charge in [-0.15, -0.1) is 11.8 Å². The molecule has 0 radical (unpaired) electrons. The second-order valence-electron chi connectivity index (χ2n) is 5.43. The molecule has 0 aromatic heterocycles. The first-order chi connectivity index (χ1) is 11.0. The molecule has 23 heavy (non-hydrogen) atoms. The lowest BCUT2D eigenvalue weighted by atomic mass is 9.79. The second-order valence-corrected chi connectivity index (χ2v) is 6.28. The maximum absolute atomic E-state index is 12.4. The van der Waals surface area contributed by atoms with Gasteiger partial charge in [-0.2, -0.15) is 0 Å². The number of carboxylic acid groups (broad SMARTS) is 1. The molecule has 120 valence electrons. The summed E-state index contributed by atoms with van der Waals surface area (Å²) in [6.45, 7) is 1.57. The highest BCUT2D eigenvalue weighted by Crippen LogP contribution is 2.30. The van der Waals surface area contributed by atoms with E-state index in [1.54, 1.807) is 31.2 Å². The van der Waals surface area contributed by atoms with Crippen LogP contribution in [0.25, 0.3) is 0 Å². The predicted octanol–water partition coefficient (Wildman–Crippen LogP) is 3.78. The smallest absolute Gasteiger partial charge is 0.314 e. The number of hydrogen-bond donors (Lipinski definition) is 2. The first-order valence-corrected chi connectivity index (χ1v) is 8.41. The van der Waals surface area contributed by atoms with E-state index in [0.29, 0.717) is 11.3 Å². The number of carboxylic acids is 1. The molecule has 0 aliphatic rings. The number of para-hydroxylation sites is 1. The number of nitrogens with one attached hydrogen (secondary N) is 1. The Hall–Kier alpha value is -2.27. The zero-order valence-electron chi connectivity index (χ0n) is 13.1. The van der Waals surface area contributed by atoms with Crippen LogP contribution in [-0.4, -0.2) is 23.2 Å². The van der Waals surface area contributed by atoms with E-state index in [4.69, 9.17) is 0 Å². The molecule has 0 heterocycles. The summed E-state index contributed by atoms with van der Waals surface area (Å²) >= 11 is 1.53. The highest BCUT2D eigenvalue weighted by Gasteiger charge is 2.37. The van der Waals surface area contributed by atoms with Crippen molar-refractivity contribution < 1.29 is 14.7 Å². The molecule has 0 spiro atoms. The van der Waals surface area contributed by atoms with Gasteiger partial charge in [-0.25, -0.2) is 0 Å². The molecule has 0 aliphatic carbocycles. The van der Waals surface area contributed by atoms with E-state index in [1.165, 1.54) is 11.8 Å². The molecule has 4 nitrogen and oxygen atoms in total. The summed E-state index contributed by atoms with van der Waals surface area (Å²) in [7, 11) is 0. The van der Waals surface area contributed by atoms with Gasteiger partial charge >= 0.3 is 5.97 Å². The number of carbonyl (C=O) groups is 2. The van der Waals surface area contributed by atoms with Crippen molar-refractivity contribution in [3.8, 4) is 0 Å². The van der Waals surface area contributed by atoms with Crippen LogP contribution in [0, 0.1) is 0 Å². The SMILES string of the molecule is CSc1ccccc1NC(=O)CC(C)(C(=O)O)c1ccccc1. The minimum absolute atomic E-state index is 0.130. The topological polar surface area (TPSA) is 66.4 Å². The predicted molar refractivity (Wildman–Crippen MR) is 92.9 cm³/mol. The summed E-state index contributed by atoms with van der Waals surface area (Å²) in [6, 6.07) is 16.3. The molecule has 0 saturated carbocycles. The summed E-state index contributed by atoms with van der Waals surface area (Å²) in [5.74, 6) is -1.34. The van der Waals surface area contributed by atoms with Crippen LogP contribution in [0.15, 0.2) is 59.5 Å². The van der Waals surface area contributed by atoms with Crippen LogP contribution in [0.5, 0.6) is 0 Å².